The molecule has 2 aromatic carbocycles. The van der Waals surface area contributed by atoms with Crippen LogP contribution in [0.5, 0.6) is 5.75 Å². The zero-order chi connectivity index (χ0) is 25.4. The van der Waals surface area contributed by atoms with E-state index < -0.39 is 35.3 Å². The monoisotopic (exact) mass is 500 g/mol. The van der Waals surface area contributed by atoms with Crippen LogP contribution in [0.4, 0.5) is 17.6 Å². The van der Waals surface area contributed by atoms with Gasteiger partial charge in [-0.15, -0.1) is 5.54 Å². The van der Waals surface area contributed by atoms with Crippen LogP contribution in [0.3, 0.4) is 0 Å². The zero-order valence-electron chi connectivity index (χ0n) is 19.5. The summed E-state index contributed by atoms with van der Waals surface area (Å²) >= 11 is 0. The number of fused-ring (bicyclic) bond motifs is 1. The highest BCUT2D eigenvalue weighted by molar-refractivity contribution is 7.88. The maximum absolute atomic E-state index is 15.0. The predicted molar refractivity (Wildman–Crippen MR) is 128 cm³/mol. The molecule has 0 bridgehead atoms. The van der Waals surface area contributed by atoms with E-state index in [1.54, 1.807) is 6.07 Å². The van der Waals surface area contributed by atoms with Gasteiger partial charge in [0, 0.05) is 5.39 Å². The van der Waals surface area contributed by atoms with Crippen LogP contribution in [0.15, 0.2) is 30.8 Å². The number of hydrogen-bond acceptors (Lipinski definition) is 3. The highest BCUT2D eigenvalue weighted by Crippen LogP contribution is 2.41. The van der Waals surface area contributed by atoms with Crippen molar-refractivity contribution in [1.29, 1.82) is 0 Å². The minimum absolute atomic E-state index is 0.125. The number of halogens is 4. The Morgan fingerprint density at radius 3 is 2.03 bits per heavy atom. The largest absolute Gasteiger partial charge is 0.534 e. The first-order valence-corrected chi connectivity index (χ1v) is 14.1. The van der Waals surface area contributed by atoms with Gasteiger partial charge in [0.05, 0.1) is 5.56 Å². The van der Waals surface area contributed by atoms with Crippen LogP contribution >= 0.6 is 0 Å². The SMILES string of the molecule is C=Cc1cc(OS(=O)(=O)C(F)(F)F)c2c(C#C[Si](C(C)C)(C(C)C)C(C)C)c(F)ccc2c1. The highest BCUT2D eigenvalue weighted by atomic mass is 32.2. The molecule has 0 spiro atoms. The van der Waals surface area contributed by atoms with Gasteiger partial charge in [0.25, 0.3) is 0 Å². The fourth-order valence-corrected chi connectivity index (χ4v) is 10.2. The summed E-state index contributed by atoms with van der Waals surface area (Å²) in [6, 6.07) is 5.14. The summed E-state index contributed by atoms with van der Waals surface area (Å²) in [6.45, 7) is 16.0. The predicted octanol–water partition coefficient (Wildman–Crippen LogP) is 7.42. The Morgan fingerprint density at radius 2 is 1.58 bits per heavy atom. The Labute approximate surface area is 194 Å². The maximum atomic E-state index is 15.0. The van der Waals surface area contributed by atoms with Crippen LogP contribution in [0.25, 0.3) is 16.8 Å². The first-order valence-electron chi connectivity index (χ1n) is 10.5. The molecular formula is C24H28F4O3SSi. The lowest BCUT2D eigenvalue weighted by atomic mass is 10.0. The molecule has 0 aliphatic carbocycles. The molecule has 2 aromatic rings. The van der Waals surface area contributed by atoms with Gasteiger partial charge in [-0.3, -0.25) is 0 Å². The Hall–Kier alpha value is -2.31. The molecule has 0 saturated heterocycles. The van der Waals surface area contributed by atoms with Crippen LogP contribution in [0.2, 0.25) is 16.6 Å². The number of alkyl halides is 3. The van der Waals surface area contributed by atoms with Crippen LogP contribution < -0.4 is 4.18 Å². The summed E-state index contributed by atoms with van der Waals surface area (Å²) in [5, 5.41) is 0.163. The molecule has 0 aliphatic rings. The Balaban J connectivity index is 2.93. The Morgan fingerprint density at radius 1 is 1.03 bits per heavy atom. The molecule has 0 heterocycles. The van der Waals surface area contributed by atoms with Gasteiger partial charge in [-0.25, -0.2) is 4.39 Å². The highest BCUT2D eigenvalue weighted by Gasteiger charge is 2.49. The number of benzene rings is 2. The summed E-state index contributed by atoms with van der Waals surface area (Å²) in [6.07, 6.45) is 1.33. The summed E-state index contributed by atoms with van der Waals surface area (Å²) in [5.41, 5.74) is -1.48. The molecule has 0 unspecified atom stereocenters. The fraction of sp³-hybridized carbons (Fsp3) is 0.417. The lowest BCUT2D eigenvalue weighted by Crippen LogP contribution is -2.43. The van der Waals surface area contributed by atoms with Gasteiger partial charge >= 0.3 is 15.6 Å². The summed E-state index contributed by atoms with van der Waals surface area (Å²) in [7, 11) is -8.29. The quantitative estimate of drug-likeness (QED) is 0.136. The molecular weight excluding hydrogens is 472 g/mol. The third-order valence-electron chi connectivity index (χ3n) is 6.04. The molecule has 0 aliphatic heterocycles. The van der Waals surface area contributed by atoms with Crippen molar-refractivity contribution < 1.29 is 30.2 Å². The van der Waals surface area contributed by atoms with E-state index >= 15 is 0 Å². The minimum atomic E-state index is -5.98. The molecule has 0 atom stereocenters. The molecule has 2 rings (SSSR count). The molecule has 33 heavy (non-hydrogen) atoms. The average molecular weight is 501 g/mol. The lowest BCUT2D eigenvalue weighted by molar-refractivity contribution is -0.0499. The first kappa shape index (κ1) is 26.9. The van der Waals surface area contributed by atoms with E-state index in [0.717, 1.165) is 12.1 Å². The molecule has 0 radical (unpaired) electrons. The second-order valence-corrected chi connectivity index (χ2v) is 16.0. The molecule has 9 heteroatoms. The van der Waals surface area contributed by atoms with E-state index in [4.69, 9.17) is 0 Å². The fourth-order valence-electron chi connectivity index (χ4n) is 4.50. The molecule has 0 N–H and O–H groups in total. The van der Waals surface area contributed by atoms with E-state index in [2.05, 4.69) is 63.8 Å². The van der Waals surface area contributed by atoms with Gasteiger partial charge in [-0.2, -0.15) is 21.6 Å². The smallest absolute Gasteiger partial charge is 0.375 e. The second kappa shape index (κ2) is 9.51. The van der Waals surface area contributed by atoms with Crippen molar-refractivity contribution in [1.82, 2.24) is 0 Å². The second-order valence-electron chi connectivity index (χ2n) is 8.87. The van der Waals surface area contributed by atoms with E-state index in [9.17, 15) is 26.0 Å². The van der Waals surface area contributed by atoms with E-state index in [1.165, 1.54) is 12.1 Å². The van der Waals surface area contributed by atoms with Crippen LogP contribution in [0.1, 0.15) is 52.7 Å². The number of rotatable bonds is 6. The summed E-state index contributed by atoms with van der Waals surface area (Å²) < 4.78 is 82.0. The van der Waals surface area contributed by atoms with Crippen molar-refractivity contribution in [3.8, 4) is 17.2 Å². The lowest BCUT2D eigenvalue weighted by Gasteiger charge is -2.38. The van der Waals surface area contributed by atoms with Crippen LogP contribution in [-0.4, -0.2) is 22.0 Å². The van der Waals surface area contributed by atoms with Crippen molar-refractivity contribution in [3.63, 3.8) is 0 Å². The maximum Gasteiger partial charge on any atom is 0.534 e. The van der Waals surface area contributed by atoms with E-state index in [0.29, 0.717) is 5.56 Å². The van der Waals surface area contributed by atoms with Gasteiger partial charge in [-0.05, 0) is 45.8 Å². The van der Waals surface area contributed by atoms with Crippen molar-refractivity contribution in [2.45, 2.75) is 63.7 Å². The van der Waals surface area contributed by atoms with Crippen molar-refractivity contribution >= 4 is 35.0 Å². The topological polar surface area (TPSA) is 43.4 Å². The average Bonchev–Trinajstić information content (AvgIpc) is 2.67. The number of hydrogen-bond donors (Lipinski definition) is 0. The van der Waals surface area contributed by atoms with Gasteiger partial charge in [0.2, 0.25) is 0 Å². The van der Waals surface area contributed by atoms with Crippen molar-refractivity contribution in [2.75, 3.05) is 0 Å². The molecule has 3 nitrogen and oxygen atoms in total. The van der Waals surface area contributed by atoms with E-state index in [1.807, 2.05) is 0 Å². The molecule has 0 saturated carbocycles. The van der Waals surface area contributed by atoms with Crippen molar-refractivity contribution in [3.05, 3.63) is 47.8 Å². The van der Waals surface area contributed by atoms with Crippen LogP contribution in [0, 0.1) is 17.3 Å². The normalized spacial score (nSPS) is 12.9. The first-order chi connectivity index (χ1) is 15.1. The Kier molecular flexibility index (Phi) is 7.76. The van der Waals surface area contributed by atoms with E-state index in [-0.39, 0.29) is 33.0 Å². The summed E-state index contributed by atoms with van der Waals surface area (Å²) in [4.78, 5) is 0. The third kappa shape index (κ3) is 5.12. The Bertz CT molecular complexity index is 1200. The van der Waals surface area contributed by atoms with Gasteiger partial charge in [0.15, 0.2) is 5.75 Å². The standard InChI is InChI=1S/C24H28F4O3SSi/c1-8-18-13-19-9-10-21(25)20(11-12-33(15(2)3,16(4)5)17(6)7)23(19)22(14-18)31-32(29,30)24(26,27)28/h8-10,13-17H,1H2,2-7H3. The zero-order valence-corrected chi connectivity index (χ0v) is 21.3. The summed E-state index contributed by atoms with van der Waals surface area (Å²) in [5.74, 6) is 1.49. The third-order valence-corrected chi connectivity index (χ3v) is 13.3. The van der Waals surface area contributed by atoms with Gasteiger partial charge < -0.3 is 4.18 Å². The molecule has 180 valence electrons. The van der Waals surface area contributed by atoms with Gasteiger partial charge in [-0.1, -0.05) is 66.2 Å². The van der Waals surface area contributed by atoms with Crippen LogP contribution in [-0.2, 0) is 10.1 Å². The molecule has 0 fully saturated rings. The van der Waals surface area contributed by atoms with Gasteiger partial charge in [0.1, 0.15) is 13.9 Å². The van der Waals surface area contributed by atoms with Crippen molar-refractivity contribution in [2.24, 2.45) is 0 Å². The molecule has 0 amide bonds. The minimum Gasteiger partial charge on any atom is -0.375 e. The molecule has 0 aromatic heterocycles.